The maximum absolute atomic E-state index is 12.7. The number of nitrogens with zero attached hydrogens (tertiary/aromatic N) is 5. The van der Waals surface area contributed by atoms with Crippen LogP contribution in [0.25, 0.3) is 21.8 Å². The standard InChI is InChI=1S/C21H22N6OS/c1-26(21(28)19-14-29-20(23-19)16-12-22-27(2)13-16)10-6-9-17-11-18(25-24-17)15-7-4-3-5-8-15/h3-5,7-8,11-14H,6,9-10H2,1-2H3,(H,24,25). The van der Waals surface area contributed by atoms with Crippen LogP contribution in [0.15, 0.2) is 54.2 Å². The van der Waals surface area contributed by atoms with Gasteiger partial charge in [0.05, 0.1) is 11.9 Å². The zero-order valence-corrected chi connectivity index (χ0v) is 17.2. The first-order valence-electron chi connectivity index (χ1n) is 9.40. The van der Waals surface area contributed by atoms with E-state index in [2.05, 4.69) is 26.3 Å². The minimum atomic E-state index is -0.0639. The highest BCUT2D eigenvalue weighted by Gasteiger charge is 2.16. The molecule has 0 atom stereocenters. The highest BCUT2D eigenvalue weighted by Crippen LogP contribution is 2.23. The number of amides is 1. The summed E-state index contributed by atoms with van der Waals surface area (Å²) in [4.78, 5) is 18.8. The molecule has 8 heteroatoms. The molecule has 0 spiro atoms. The van der Waals surface area contributed by atoms with Crippen LogP contribution < -0.4 is 0 Å². The number of hydrogen-bond donors (Lipinski definition) is 1. The van der Waals surface area contributed by atoms with E-state index < -0.39 is 0 Å². The van der Waals surface area contributed by atoms with Crippen molar-refractivity contribution in [1.29, 1.82) is 0 Å². The first kappa shape index (κ1) is 19.1. The van der Waals surface area contributed by atoms with E-state index >= 15 is 0 Å². The van der Waals surface area contributed by atoms with Gasteiger partial charge in [0.15, 0.2) is 0 Å². The summed E-state index contributed by atoms with van der Waals surface area (Å²) in [6.45, 7) is 0.651. The lowest BCUT2D eigenvalue weighted by Crippen LogP contribution is -2.28. The molecule has 4 aromatic rings. The van der Waals surface area contributed by atoms with Crippen molar-refractivity contribution in [3.63, 3.8) is 0 Å². The zero-order valence-electron chi connectivity index (χ0n) is 16.4. The van der Waals surface area contributed by atoms with Gasteiger partial charge in [-0.15, -0.1) is 11.3 Å². The topological polar surface area (TPSA) is 79.7 Å². The molecule has 0 saturated carbocycles. The summed E-state index contributed by atoms with van der Waals surface area (Å²) < 4.78 is 1.73. The summed E-state index contributed by atoms with van der Waals surface area (Å²) in [5, 5.41) is 14.2. The lowest BCUT2D eigenvalue weighted by atomic mass is 10.1. The number of hydrogen-bond acceptors (Lipinski definition) is 5. The molecule has 1 aromatic carbocycles. The molecule has 0 aliphatic heterocycles. The molecule has 29 heavy (non-hydrogen) atoms. The fourth-order valence-electron chi connectivity index (χ4n) is 3.09. The quantitative estimate of drug-likeness (QED) is 0.508. The summed E-state index contributed by atoms with van der Waals surface area (Å²) >= 11 is 1.46. The van der Waals surface area contributed by atoms with E-state index in [-0.39, 0.29) is 5.91 Å². The second kappa shape index (κ2) is 8.40. The van der Waals surface area contributed by atoms with Crippen LogP contribution in [0.2, 0.25) is 0 Å². The fraction of sp³-hybridized carbons (Fsp3) is 0.238. The molecule has 7 nitrogen and oxygen atoms in total. The van der Waals surface area contributed by atoms with E-state index in [4.69, 9.17) is 0 Å². The molecule has 3 heterocycles. The predicted octanol–water partition coefficient (Wildman–Crippen LogP) is 3.64. The number of thiazole rings is 1. The van der Waals surface area contributed by atoms with Crippen LogP contribution in [-0.4, -0.2) is 49.4 Å². The van der Waals surface area contributed by atoms with Crippen molar-refractivity contribution in [3.8, 4) is 21.8 Å². The van der Waals surface area contributed by atoms with Gasteiger partial charge in [-0.1, -0.05) is 30.3 Å². The third-order valence-corrected chi connectivity index (χ3v) is 5.55. The summed E-state index contributed by atoms with van der Waals surface area (Å²) in [6, 6.07) is 12.1. The Morgan fingerprint density at radius 3 is 2.83 bits per heavy atom. The Hall–Kier alpha value is -3.26. The lowest BCUT2D eigenvalue weighted by molar-refractivity contribution is 0.0788. The highest BCUT2D eigenvalue weighted by atomic mass is 32.1. The Morgan fingerprint density at radius 2 is 2.07 bits per heavy atom. The van der Waals surface area contributed by atoms with Crippen molar-refractivity contribution in [2.45, 2.75) is 12.8 Å². The molecular formula is C21H22N6OS. The van der Waals surface area contributed by atoms with E-state index in [9.17, 15) is 4.79 Å². The monoisotopic (exact) mass is 406 g/mol. The number of H-pyrrole nitrogens is 1. The van der Waals surface area contributed by atoms with E-state index in [1.807, 2.05) is 56.0 Å². The van der Waals surface area contributed by atoms with Crippen LogP contribution in [0.4, 0.5) is 0 Å². The first-order chi connectivity index (χ1) is 14.1. The fourth-order valence-corrected chi connectivity index (χ4v) is 3.86. The highest BCUT2D eigenvalue weighted by molar-refractivity contribution is 7.13. The first-order valence-corrected chi connectivity index (χ1v) is 10.3. The molecular weight excluding hydrogens is 384 g/mol. The Balaban J connectivity index is 1.31. The van der Waals surface area contributed by atoms with Crippen molar-refractivity contribution < 1.29 is 4.79 Å². The Labute approximate surface area is 173 Å². The van der Waals surface area contributed by atoms with Gasteiger partial charge in [-0.3, -0.25) is 14.6 Å². The molecule has 1 N–H and O–H groups in total. The van der Waals surface area contributed by atoms with E-state index in [0.29, 0.717) is 12.2 Å². The number of benzene rings is 1. The van der Waals surface area contributed by atoms with Gasteiger partial charge in [-0.2, -0.15) is 10.2 Å². The van der Waals surface area contributed by atoms with E-state index in [0.717, 1.165) is 40.4 Å². The van der Waals surface area contributed by atoms with Crippen molar-refractivity contribution in [3.05, 3.63) is 65.6 Å². The van der Waals surface area contributed by atoms with Gasteiger partial charge >= 0.3 is 0 Å². The smallest absolute Gasteiger partial charge is 0.273 e. The molecule has 1 amide bonds. The number of aryl methyl sites for hydroxylation is 2. The normalized spacial score (nSPS) is 11.0. The molecule has 148 valence electrons. The maximum Gasteiger partial charge on any atom is 0.273 e. The lowest BCUT2D eigenvalue weighted by Gasteiger charge is -2.15. The molecule has 0 saturated heterocycles. The zero-order chi connectivity index (χ0) is 20.2. The third-order valence-electron chi connectivity index (χ3n) is 4.66. The average Bonchev–Trinajstić information content (AvgIpc) is 3.48. The summed E-state index contributed by atoms with van der Waals surface area (Å²) in [5.74, 6) is -0.0639. The van der Waals surface area contributed by atoms with Gasteiger partial charge in [0.2, 0.25) is 0 Å². The van der Waals surface area contributed by atoms with Crippen molar-refractivity contribution in [2.75, 3.05) is 13.6 Å². The van der Waals surface area contributed by atoms with Crippen LogP contribution in [-0.2, 0) is 13.5 Å². The van der Waals surface area contributed by atoms with Crippen LogP contribution in [0.3, 0.4) is 0 Å². The molecule has 3 aromatic heterocycles. The molecule has 0 radical (unpaired) electrons. The van der Waals surface area contributed by atoms with Gasteiger partial charge in [-0.25, -0.2) is 4.98 Å². The summed E-state index contributed by atoms with van der Waals surface area (Å²) in [6.07, 6.45) is 5.32. The third kappa shape index (κ3) is 4.43. The summed E-state index contributed by atoms with van der Waals surface area (Å²) in [7, 11) is 3.67. The largest absolute Gasteiger partial charge is 0.340 e. The number of rotatable bonds is 7. The van der Waals surface area contributed by atoms with Crippen LogP contribution >= 0.6 is 11.3 Å². The molecule has 0 aliphatic carbocycles. The molecule has 0 aliphatic rings. The Morgan fingerprint density at radius 1 is 1.24 bits per heavy atom. The average molecular weight is 407 g/mol. The molecule has 4 rings (SSSR count). The van der Waals surface area contributed by atoms with Crippen molar-refractivity contribution >= 4 is 17.2 Å². The number of aromatic amines is 1. The predicted molar refractivity (Wildman–Crippen MR) is 114 cm³/mol. The van der Waals surface area contributed by atoms with Crippen LogP contribution in [0.5, 0.6) is 0 Å². The van der Waals surface area contributed by atoms with Crippen LogP contribution in [0.1, 0.15) is 22.6 Å². The Bertz CT molecular complexity index is 1100. The van der Waals surface area contributed by atoms with Gasteiger partial charge in [-0.05, 0) is 18.9 Å². The maximum atomic E-state index is 12.7. The number of nitrogens with one attached hydrogen (secondary N) is 1. The summed E-state index contributed by atoms with van der Waals surface area (Å²) in [5.41, 5.74) is 4.50. The number of carbonyl (C=O) groups excluding carboxylic acids is 1. The van der Waals surface area contributed by atoms with Gasteiger partial charge < -0.3 is 4.90 Å². The van der Waals surface area contributed by atoms with Gasteiger partial charge in [0.1, 0.15) is 10.7 Å². The van der Waals surface area contributed by atoms with Crippen molar-refractivity contribution in [2.24, 2.45) is 7.05 Å². The second-order valence-corrected chi connectivity index (χ2v) is 7.77. The van der Waals surface area contributed by atoms with E-state index in [1.165, 1.54) is 11.3 Å². The SMILES string of the molecule is CN(CCCc1cc(-c2ccccc2)n[nH]1)C(=O)c1csc(-c2cnn(C)c2)n1. The van der Waals surface area contributed by atoms with Gasteiger partial charge in [0, 0.05) is 49.0 Å². The van der Waals surface area contributed by atoms with Crippen LogP contribution in [0, 0.1) is 0 Å². The molecule has 0 bridgehead atoms. The minimum Gasteiger partial charge on any atom is -0.340 e. The molecule has 0 unspecified atom stereocenters. The Kier molecular flexibility index (Phi) is 5.53. The van der Waals surface area contributed by atoms with Crippen molar-refractivity contribution in [1.82, 2.24) is 29.9 Å². The number of aromatic nitrogens is 5. The minimum absolute atomic E-state index is 0.0639. The van der Waals surface area contributed by atoms with E-state index in [1.54, 1.807) is 15.8 Å². The number of carbonyl (C=O) groups is 1. The second-order valence-electron chi connectivity index (χ2n) is 6.92. The molecule has 0 fully saturated rings. The van der Waals surface area contributed by atoms with Gasteiger partial charge in [0.25, 0.3) is 5.91 Å².